The van der Waals surface area contributed by atoms with Gasteiger partial charge in [0.2, 0.25) is 11.7 Å². The summed E-state index contributed by atoms with van der Waals surface area (Å²) in [6, 6.07) is 0. The highest BCUT2D eigenvalue weighted by atomic mass is 19.3. The third kappa shape index (κ3) is 3.09. The zero-order chi connectivity index (χ0) is 14.6. The fourth-order valence-electron chi connectivity index (χ4n) is 1.43. The number of methoxy groups -OCH3 is 1. The molecule has 1 unspecified atom stereocenters. The molecule has 5 nitrogen and oxygen atoms in total. The molecule has 1 aromatic heterocycles. The number of aromatic nitrogens is 1. The van der Waals surface area contributed by atoms with E-state index in [0.717, 1.165) is 0 Å². The number of hydrogen-bond donors (Lipinski definition) is 0. The van der Waals surface area contributed by atoms with Crippen LogP contribution >= 0.6 is 0 Å². The third-order valence-corrected chi connectivity index (χ3v) is 2.90. The number of halogens is 2. The SMILES string of the molecule is CCOC(=O)c1oc(C(C)(CC)OC)nc1C(F)F. The van der Waals surface area contributed by atoms with E-state index in [1.54, 1.807) is 20.8 Å². The van der Waals surface area contributed by atoms with E-state index in [1.165, 1.54) is 7.11 Å². The number of alkyl halides is 2. The molecule has 0 N–H and O–H groups in total. The van der Waals surface area contributed by atoms with Crippen molar-refractivity contribution in [2.24, 2.45) is 0 Å². The van der Waals surface area contributed by atoms with Crippen molar-refractivity contribution in [3.63, 3.8) is 0 Å². The minimum absolute atomic E-state index is 0.0594. The molecule has 0 fully saturated rings. The Kier molecular flexibility index (Phi) is 4.99. The lowest BCUT2D eigenvalue weighted by Gasteiger charge is -2.22. The number of ether oxygens (including phenoxy) is 2. The molecule has 0 aliphatic rings. The Hall–Kier alpha value is -1.50. The van der Waals surface area contributed by atoms with Gasteiger partial charge in [-0.2, -0.15) is 0 Å². The molecule has 0 radical (unpaired) electrons. The van der Waals surface area contributed by atoms with Crippen molar-refractivity contribution < 1.29 is 27.5 Å². The van der Waals surface area contributed by atoms with Gasteiger partial charge in [0.1, 0.15) is 5.60 Å². The van der Waals surface area contributed by atoms with Gasteiger partial charge >= 0.3 is 5.97 Å². The first kappa shape index (κ1) is 15.6. The molecule has 0 bridgehead atoms. The van der Waals surface area contributed by atoms with Crippen molar-refractivity contribution in [3.05, 3.63) is 17.3 Å². The normalized spacial score (nSPS) is 14.5. The van der Waals surface area contributed by atoms with Gasteiger partial charge < -0.3 is 13.9 Å². The van der Waals surface area contributed by atoms with E-state index in [4.69, 9.17) is 9.15 Å². The molecular formula is C12H17F2NO4. The monoisotopic (exact) mass is 277 g/mol. The summed E-state index contributed by atoms with van der Waals surface area (Å²) < 4.78 is 40.8. The van der Waals surface area contributed by atoms with Crippen LogP contribution in [0.4, 0.5) is 8.78 Å². The summed E-state index contributed by atoms with van der Waals surface area (Å²) in [5.74, 6) is -1.58. The van der Waals surface area contributed by atoms with Gasteiger partial charge in [0.25, 0.3) is 6.43 Å². The van der Waals surface area contributed by atoms with Crippen LogP contribution in [-0.4, -0.2) is 24.7 Å². The predicted molar refractivity (Wildman–Crippen MR) is 62.1 cm³/mol. The molecule has 0 saturated heterocycles. The van der Waals surface area contributed by atoms with E-state index >= 15 is 0 Å². The number of rotatable bonds is 6. The van der Waals surface area contributed by atoms with Crippen LogP contribution in [0.1, 0.15) is 55.8 Å². The Morgan fingerprint density at radius 1 is 1.47 bits per heavy atom. The minimum Gasteiger partial charge on any atom is -0.460 e. The zero-order valence-corrected chi connectivity index (χ0v) is 11.3. The first-order valence-electron chi connectivity index (χ1n) is 5.91. The Bertz CT molecular complexity index is 441. The highest BCUT2D eigenvalue weighted by Crippen LogP contribution is 2.32. The maximum Gasteiger partial charge on any atom is 0.376 e. The highest BCUT2D eigenvalue weighted by Gasteiger charge is 2.35. The van der Waals surface area contributed by atoms with Crippen LogP contribution in [0.15, 0.2) is 4.42 Å². The highest BCUT2D eigenvalue weighted by molar-refractivity contribution is 5.87. The molecule has 1 heterocycles. The summed E-state index contributed by atoms with van der Waals surface area (Å²) in [7, 11) is 1.42. The van der Waals surface area contributed by atoms with Crippen LogP contribution in [0.5, 0.6) is 0 Å². The number of esters is 1. The number of oxazole rings is 1. The average molecular weight is 277 g/mol. The Balaban J connectivity index is 3.25. The van der Waals surface area contributed by atoms with E-state index < -0.39 is 29.4 Å². The predicted octanol–water partition coefficient (Wildman–Crippen LogP) is 3.06. The second kappa shape index (κ2) is 6.10. The molecule has 1 aromatic rings. The van der Waals surface area contributed by atoms with E-state index in [-0.39, 0.29) is 12.5 Å². The van der Waals surface area contributed by atoms with Crippen LogP contribution in [0.2, 0.25) is 0 Å². The molecule has 0 saturated carbocycles. The first-order valence-corrected chi connectivity index (χ1v) is 5.91. The van der Waals surface area contributed by atoms with Crippen molar-refractivity contribution in [1.29, 1.82) is 0 Å². The fraction of sp³-hybridized carbons (Fsp3) is 0.667. The number of hydrogen-bond acceptors (Lipinski definition) is 5. The Morgan fingerprint density at radius 3 is 2.53 bits per heavy atom. The third-order valence-electron chi connectivity index (χ3n) is 2.90. The van der Waals surface area contributed by atoms with Gasteiger partial charge in [-0.3, -0.25) is 0 Å². The van der Waals surface area contributed by atoms with E-state index in [2.05, 4.69) is 9.72 Å². The standard InChI is InChI=1S/C12H17F2NO4/c1-5-12(3,17-4)11-15-7(9(13)14)8(19-11)10(16)18-6-2/h9H,5-6H2,1-4H3. The average Bonchev–Trinajstić information content (AvgIpc) is 2.84. The van der Waals surface area contributed by atoms with Gasteiger partial charge in [-0.15, -0.1) is 0 Å². The van der Waals surface area contributed by atoms with E-state index in [0.29, 0.717) is 6.42 Å². The summed E-state index contributed by atoms with van der Waals surface area (Å²) in [5.41, 5.74) is -1.68. The van der Waals surface area contributed by atoms with Gasteiger partial charge in [-0.05, 0) is 20.3 Å². The topological polar surface area (TPSA) is 61.6 Å². The molecule has 1 atom stereocenters. The van der Waals surface area contributed by atoms with E-state index in [1.807, 2.05) is 0 Å². The number of carbonyl (C=O) groups excluding carboxylic acids is 1. The molecule has 19 heavy (non-hydrogen) atoms. The van der Waals surface area contributed by atoms with Crippen molar-refractivity contribution in [1.82, 2.24) is 4.98 Å². The molecule has 0 aliphatic heterocycles. The fourth-order valence-corrected chi connectivity index (χ4v) is 1.43. The maximum atomic E-state index is 12.9. The molecule has 0 aromatic carbocycles. The molecule has 1 rings (SSSR count). The summed E-state index contributed by atoms with van der Waals surface area (Å²) in [5, 5.41) is 0. The van der Waals surface area contributed by atoms with Gasteiger partial charge in [-0.25, -0.2) is 18.6 Å². The lowest BCUT2D eigenvalue weighted by Crippen LogP contribution is -2.23. The first-order chi connectivity index (χ1) is 8.89. The molecule has 0 spiro atoms. The van der Waals surface area contributed by atoms with E-state index in [9.17, 15) is 13.6 Å². The zero-order valence-electron chi connectivity index (χ0n) is 11.3. The quantitative estimate of drug-likeness (QED) is 0.748. The van der Waals surface area contributed by atoms with Crippen molar-refractivity contribution in [2.45, 2.75) is 39.2 Å². The number of carbonyl (C=O) groups is 1. The minimum atomic E-state index is -2.92. The van der Waals surface area contributed by atoms with Crippen LogP contribution < -0.4 is 0 Å². The van der Waals surface area contributed by atoms with Crippen LogP contribution in [0.25, 0.3) is 0 Å². The van der Waals surface area contributed by atoms with Crippen LogP contribution in [-0.2, 0) is 15.1 Å². The summed E-state index contributed by atoms with van der Waals surface area (Å²) in [6.07, 6.45) is -2.47. The molecule has 108 valence electrons. The van der Waals surface area contributed by atoms with Gasteiger partial charge in [0.15, 0.2) is 5.69 Å². The smallest absolute Gasteiger partial charge is 0.376 e. The van der Waals surface area contributed by atoms with Crippen molar-refractivity contribution in [3.8, 4) is 0 Å². The van der Waals surface area contributed by atoms with Crippen molar-refractivity contribution in [2.75, 3.05) is 13.7 Å². The Labute approximate surface area is 109 Å². The van der Waals surface area contributed by atoms with Gasteiger partial charge in [-0.1, -0.05) is 6.92 Å². The number of nitrogens with zero attached hydrogens (tertiary/aromatic N) is 1. The molecule has 7 heteroatoms. The second-order valence-corrected chi connectivity index (χ2v) is 4.04. The maximum absolute atomic E-state index is 12.9. The molecule has 0 aliphatic carbocycles. The Morgan fingerprint density at radius 2 is 2.11 bits per heavy atom. The van der Waals surface area contributed by atoms with Crippen LogP contribution in [0, 0.1) is 0 Å². The van der Waals surface area contributed by atoms with Gasteiger partial charge in [0, 0.05) is 7.11 Å². The summed E-state index contributed by atoms with van der Waals surface area (Å²) in [4.78, 5) is 15.2. The largest absolute Gasteiger partial charge is 0.460 e. The van der Waals surface area contributed by atoms with Crippen LogP contribution in [0.3, 0.4) is 0 Å². The summed E-state index contributed by atoms with van der Waals surface area (Å²) >= 11 is 0. The molecular weight excluding hydrogens is 260 g/mol. The van der Waals surface area contributed by atoms with Crippen molar-refractivity contribution >= 4 is 5.97 Å². The lowest BCUT2D eigenvalue weighted by molar-refractivity contribution is -0.0245. The molecule has 0 amide bonds. The second-order valence-electron chi connectivity index (χ2n) is 4.04. The summed E-state index contributed by atoms with van der Waals surface area (Å²) in [6.45, 7) is 5.07. The lowest BCUT2D eigenvalue weighted by atomic mass is 10.0. The van der Waals surface area contributed by atoms with Gasteiger partial charge in [0.05, 0.1) is 6.61 Å².